The van der Waals surface area contributed by atoms with Crippen molar-refractivity contribution in [2.75, 3.05) is 13.1 Å². The summed E-state index contributed by atoms with van der Waals surface area (Å²) in [4.78, 5) is 20.6. The van der Waals surface area contributed by atoms with Crippen LogP contribution < -0.4 is 16.4 Å². The maximum atomic E-state index is 10.5. The van der Waals surface area contributed by atoms with Crippen molar-refractivity contribution in [2.45, 2.75) is 6.92 Å². The van der Waals surface area contributed by atoms with Crippen LogP contribution >= 0.6 is 0 Å². The number of rotatable bonds is 3. The van der Waals surface area contributed by atoms with E-state index in [1.165, 1.54) is 0 Å². The molecular weight excluding hydrogens is 134 g/mol. The summed E-state index contributed by atoms with van der Waals surface area (Å²) in [6.07, 6.45) is 0. The van der Waals surface area contributed by atoms with Gasteiger partial charge in [0.15, 0.2) is 0 Å². The standard InChI is InChI=1S/C5H11N3O2/c1-2-7-5(10)8-3-4(6)9/h2-3H2,1H3,(H2,6,9)(H2,7,8,10). The predicted octanol–water partition coefficient (Wildman–Crippen LogP) is -1.21. The molecule has 0 aromatic carbocycles. The molecule has 5 nitrogen and oxygen atoms in total. The normalized spacial score (nSPS) is 8.50. The minimum atomic E-state index is -0.550. The Labute approximate surface area is 59.0 Å². The second kappa shape index (κ2) is 4.60. The lowest BCUT2D eigenvalue weighted by atomic mass is 10.6. The van der Waals surface area contributed by atoms with E-state index in [1.807, 2.05) is 0 Å². The van der Waals surface area contributed by atoms with Gasteiger partial charge in [-0.2, -0.15) is 0 Å². The second-order valence-electron chi connectivity index (χ2n) is 1.68. The molecule has 3 amide bonds. The Hall–Kier alpha value is -1.26. The Morgan fingerprint density at radius 1 is 1.40 bits per heavy atom. The molecule has 0 rings (SSSR count). The van der Waals surface area contributed by atoms with Gasteiger partial charge in [0.05, 0.1) is 6.54 Å². The summed E-state index contributed by atoms with van der Waals surface area (Å²) in [5.41, 5.74) is 4.76. The van der Waals surface area contributed by atoms with Gasteiger partial charge in [-0.1, -0.05) is 0 Å². The van der Waals surface area contributed by atoms with Gasteiger partial charge in [-0.05, 0) is 6.92 Å². The highest BCUT2D eigenvalue weighted by Gasteiger charge is 1.97. The average molecular weight is 145 g/mol. The Morgan fingerprint density at radius 2 is 2.00 bits per heavy atom. The molecule has 0 atom stereocenters. The molecule has 0 fully saturated rings. The van der Waals surface area contributed by atoms with Gasteiger partial charge < -0.3 is 16.4 Å². The molecule has 0 saturated heterocycles. The van der Waals surface area contributed by atoms with Crippen LogP contribution in [-0.4, -0.2) is 25.0 Å². The number of nitrogens with two attached hydrogens (primary N) is 1. The number of urea groups is 1. The number of hydrogen-bond donors (Lipinski definition) is 3. The van der Waals surface area contributed by atoms with Gasteiger partial charge in [-0.15, -0.1) is 0 Å². The minimum Gasteiger partial charge on any atom is -0.368 e. The van der Waals surface area contributed by atoms with Gasteiger partial charge in [0, 0.05) is 6.54 Å². The lowest BCUT2D eigenvalue weighted by molar-refractivity contribution is -0.117. The van der Waals surface area contributed by atoms with Gasteiger partial charge in [0.1, 0.15) is 0 Å². The van der Waals surface area contributed by atoms with Crippen LogP contribution in [0.3, 0.4) is 0 Å². The lowest BCUT2D eigenvalue weighted by Crippen LogP contribution is -2.40. The van der Waals surface area contributed by atoms with Crippen molar-refractivity contribution in [3.8, 4) is 0 Å². The predicted molar refractivity (Wildman–Crippen MR) is 36.3 cm³/mol. The first-order valence-electron chi connectivity index (χ1n) is 2.96. The maximum absolute atomic E-state index is 10.5. The third-order valence-electron chi connectivity index (χ3n) is 0.761. The summed E-state index contributed by atoms with van der Waals surface area (Å²) in [5, 5.41) is 4.70. The molecule has 4 N–H and O–H groups in total. The van der Waals surface area contributed by atoms with E-state index in [0.717, 1.165) is 0 Å². The number of carbonyl (C=O) groups excluding carboxylic acids is 2. The summed E-state index contributed by atoms with van der Waals surface area (Å²) in [5.74, 6) is -0.550. The molecule has 0 bridgehead atoms. The minimum absolute atomic E-state index is 0.119. The summed E-state index contributed by atoms with van der Waals surface area (Å²) in [6.45, 7) is 2.19. The smallest absolute Gasteiger partial charge is 0.315 e. The third-order valence-corrected chi connectivity index (χ3v) is 0.761. The molecule has 0 aromatic heterocycles. The van der Waals surface area contributed by atoms with Crippen LogP contribution in [0.15, 0.2) is 0 Å². The van der Waals surface area contributed by atoms with Crippen molar-refractivity contribution in [2.24, 2.45) is 5.73 Å². The van der Waals surface area contributed by atoms with Crippen molar-refractivity contribution in [3.63, 3.8) is 0 Å². The number of primary amides is 1. The van der Waals surface area contributed by atoms with Gasteiger partial charge in [0.25, 0.3) is 0 Å². The summed E-state index contributed by atoms with van der Waals surface area (Å²) >= 11 is 0. The fourth-order valence-corrected chi connectivity index (χ4v) is 0.390. The van der Waals surface area contributed by atoms with Crippen LogP contribution in [0, 0.1) is 0 Å². The molecule has 0 unspecified atom stereocenters. The molecule has 10 heavy (non-hydrogen) atoms. The molecule has 0 aliphatic heterocycles. The maximum Gasteiger partial charge on any atom is 0.315 e. The summed E-state index contributed by atoms with van der Waals surface area (Å²) < 4.78 is 0. The van der Waals surface area contributed by atoms with Gasteiger partial charge in [-0.3, -0.25) is 4.79 Å². The van der Waals surface area contributed by atoms with E-state index in [9.17, 15) is 9.59 Å². The van der Waals surface area contributed by atoms with E-state index in [4.69, 9.17) is 5.73 Å². The van der Waals surface area contributed by atoms with Crippen LogP contribution in [0.2, 0.25) is 0 Å². The van der Waals surface area contributed by atoms with Gasteiger partial charge >= 0.3 is 6.03 Å². The van der Waals surface area contributed by atoms with Crippen LogP contribution in [0.25, 0.3) is 0 Å². The highest BCUT2D eigenvalue weighted by Crippen LogP contribution is 1.62. The molecule has 5 heteroatoms. The molecule has 0 aromatic rings. The second-order valence-corrected chi connectivity index (χ2v) is 1.68. The fraction of sp³-hybridized carbons (Fsp3) is 0.600. The zero-order valence-electron chi connectivity index (χ0n) is 5.81. The van der Waals surface area contributed by atoms with Crippen LogP contribution in [0.4, 0.5) is 4.79 Å². The molecule has 0 radical (unpaired) electrons. The highest BCUT2D eigenvalue weighted by atomic mass is 16.2. The van der Waals surface area contributed by atoms with E-state index in [-0.39, 0.29) is 12.6 Å². The number of nitrogens with one attached hydrogen (secondary N) is 2. The topological polar surface area (TPSA) is 84.2 Å². The monoisotopic (exact) mass is 145 g/mol. The molecule has 0 heterocycles. The first kappa shape index (κ1) is 8.74. The van der Waals surface area contributed by atoms with Crippen LogP contribution in [-0.2, 0) is 4.79 Å². The quantitative estimate of drug-likeness (QED) is 0.465. The SMILES string of the molecule is CCNC(=O)NCC(N)=O. The molecular formula is C5H11N3O2. The van der Waals surface area contributed by atoms with Gasteiger partial charge in [-0.25, -0.2) is 4.79 Å². The van der Waals surface area contributed by atoms with Crippen LogP contribution in [0.1, 0.15) is 6.92 Å². The first-order chi connectivity index (χ1) is 4.66. The summed E-state index contributed by atoms with van der Waals surface area (Å²) in [7, 11) is 0. The zero-order chi connectivity index (χ0) is 7.98. The third kappa shape index (κ3) is 4.89. The highest BCUT2D eigenvalue weighted by molar-refractivity contribution is 5.82. The Morgan fingerprint density at radius 3 is 2.40 bits per heavy atom. The van der Waals surface area contributed by atoms with Crippen molar-refractivity contribution in [3.05, 3.63) is 0 Å². The molecule has 0 spiro atoms. The zero-order valence-corrected chi connectivity index (χ0v) is 5.81. The van der Waals surface area contributed by atoms with E-state index >= 15 is 0 Å². The molecule has 0 aliphatic rings. The molecule has 0 saturated carbocycles. The fourth-order valence-electron chi connectivity index (χ4n) is 0.390. The van der Waals surface area contributed by atoms with E-state index in [0.29, 0.717) is 6.54 Å². The van der Waals surface area contributed by atoms with Crippen LogP contribution in [0.5, 0.6) is 0 Å². The van der Waals surface area contributed by atoms with E-state index < -0.39 is 5.91 Å². The average Bonchev–Trinajstić information content (AvgIpc) is 1.85. The first-order valence-corrected chi connectivity index (χ1v) is 2.96. The summed E-state index contributed by atoms with van der Waals surface area (Å²) in [6, 6.07) is -0.374. The van der Waals surface area contributed by atoms with Gasteiger partial charge in [0.2, 0.25) is 5.91 Å². The van der Waals surface area contributed by atoms with Crippen molar-refractivity contribution in [1.82, 2.24) is 10.6 Å². The Kier molecular flexibility index (Phi) is 4.02. The molecule has 0 aliphatic carbocycles. The van der Waals surface area contributed by atoms with Crippen molar-refractivity contribution >= 4 is 11.9 Å². The largest absolute Gasteiger partial charge is 0.368 e. The Bertz CT molecular complexity index is 135. The molecule has 58 valence electrons. The Balaban J connectivity index is 3.30. The lowest BCUT2D eigenvalue weighted by Gasteiger charge is -2.01. The van der Waals surface area contributed by atoms with Crippen molar-refractivity contribution < 1.29 is 9.59 Å². The van der Waals surface area contributed by atoms with Crippen molar-refractivity contribution in [1.29, 1.82) is 0 Å². The number of carbonyl (C=O) groups is 2. The number of amides is 3. The van der Waals surface area contributed by atoms with E-state index in [2.05, 4.69) is 10.6 Å². The van der Waals surface area contributed by atoms with E-state index in [1.54, 1.807) is 6.92 Å². The number of hydrogen-bond acceptors (Lipinski definition) is 2.